The molecule has 17 heavy (non-hydrogen) atoms. The molecule has 4 heteroatoms. The molecule has 1 atom stereocenters. The van der Waals surface area contributed by atoms with Gasteiger partial charge in [-0.15, -0.1) is 0 Å². The molecule has 0 bridgehead atoms. The van der Waals surface area contributed by atoms with Gasteiger partial charge in [0.05, 0.1) is 11.3 Å². The van der Waals surface area contributed by atoms with Gasteiger partial charge in [-0.25, -0.2) is 0 Å². The van der Waals surface area contributed by atoms with Crippen LogP contribution in [0.4, 0.5) is 0 Å². The maximum atomic E-state index is 5.77. The van der Waals surface area contributed by atoms with Gasteiger partial charge in [0.2, 0.25) is 0 Å². The smallest absolute Gasteiger partial charge is 0.0834 e. The SMILES string of the molecule is CCNC(Cc1ccn(C)n1)C1(OC)CCC1. The van der Waals surface area contributed by atoms with Gasteiger partial charge >= 0.3 is 0 Å². The molecule has 0 saturated heterocycles. The molecule has 1 fully saturated rings. The third-order valence-corrected chi connectivity index (χ3v) is 3.87. The normalized spacial score (nSPS) is 19.9. The highest BCUT2D eigenvalue weighted by Crippen LogP contribution is 2.39. The van der Waals surface area contributed by atoms with Gasteiger partial charge in [0, 0.05) is 32.8 Å². The topological polar surface area (TPSA) is 39.1 Å². The van der Waals surface area contributed by atoms with Gasteiger partial charge in [0.15, 0.2) is 0 Å². The lowest BCUT2D eigenvalue weighted by molar-refractivity contribution is -0.0980. The molecular weight excluding hydrogens is 214 g/mol. The van der Waals surface area contributed by atoms with E-state index in [0.29, 0.717) is 6.04 Å². The van der Waals surface area contributed by atoms with Crippen molar-refractivity contribution in [3.63, 3.8) is 0 Å². The van der Waals surface area contributed by atoms with E-state index in [-0.39, 0.29) is 5.60 Å². The minimum absolute atomic E-state index is 0.0352. The molecule has 1 aliphatic rings. The van der Waals surface area contributed by atoms with Crippen LogP contribution in [0.2, 0.25) is 0 Å². The van der Waals surface area contributed by atoms with Gasteiger partial charge in [-0.3, -0.25) is 4.68 Å². The number of aromatic nitrogens is 2. The first-order valence-electron chi connectivity index (χ1n) is 6.47. The number of methoxy groups -OCH3 is 1. The van der Waals surface area contributed by atoms with Crippen molar-refractivity contribution in [2.45, 2.75) is 44.2 Å². The van der Waals surface area contributed by atoms with Crippen LogP contribution >= 0.6 is 0 Å². The van der Waals surface area contributed by atoms with Crippen molar-refractivity contribution < 1.29 is 4.74 Å². The number of aryl methyl sites for hydroxylation is 1. The molecule has 2 rings (SSSR count). The van der Waals surface area contributed by atoms with E-state index in [4.69, 9.17) is 4.74 Å². The van der Waals surface area contributed by atoms with E-state index >= 15 is 0 Å². The predicted octanol–water partition coefficient (Wildman–Crippen LogP) is 1.51. The molecule has 1 aromatic rings. The minimum Gasteiger partial charge on any atom is -0.377 e. The maximum absolute atomic E-state index is 5.77. The Kier molecular flexibility index (Phi) is 3.84. The van der Waals surface area contributed by atoms with Gasteiger partial charge in [-0.1, -0.05) is 6.92 Å². The Morgan fingerprint density at radius 2 is 2.35 bits per heavy atom. The fourth-order valence-electron chi connectivity index (χ4n) is 2.69. The fourth-order valence-corrected chi connectivity index (χ4v) is 2.69. The quantitative estimate of drug-likeness (QED) is 0.815. The highest BCUT2D eigenvalue weighted by atomic mass is 16.5. The number of hydrogen-bond acceptors (Lipinski definition) is 3. The lowest BCUT2D eigenvalue weighted by atomic mass is 9.73. The summed E-state index contributed by atoms with van der Waals surface area (Å²) >= 11 is 0. The Morgan fingerprint density at radius 1 is 1.59 bits per heavy atom. The van der Waals surface area contributed by atoms with E-state index in [0.717, 1.165) is 31.5 Å². The molecule has 1 N–H and O–H groups in total. The summed E-state index contributed by atoms with van der Waals surface area (Å²) in [6.45, 7) is 3.12. The Hall–Kier alpha value is -0.870. The molecule has 0 aliphatic heterocycles. The molecule has 0 spiro atoms. The fraction of sp³-hybridized carbons (Fsp3) is 0.769. The molecule has 1 aromatic heterocycles. The van der Waals surface area contributed by atoms with Crippen LogP contribution in [0.1, 0.15) is 31.9 Å². The zero-order valence-electron chi connectivity index (χ0n) is 11.1. The minimum atomic E-state index is 0.0352. The lowest BCUT2D eigenvalue weighted by Crippen LogP contribution is -2.57. The molecule has 0 radical (unpaired) electrons. The van der Waals surface area contributed by atoms with Gasteiger partial charge in [-0.2, -0.15) is 5.10 Å². The Balaban J connectivity index is 2.06. The summed E-state index contributed by atoms with van der Waals surface area (Å²) in [4.78, 5) is 0. The van der Waals surface area contributed by atoms with Crippen LogP contribution in [0.25, 0.3) is 0 Å². The molecule has 0 aromatic carbocycles. The van der Waals surface area contributed by atoms with Crippen molar-refractivity contribution in [3.05, 3.63) is 18.0 Å². The number of hydrogen-bond donors (Lipinski definition) is 1. The zero-order valence-corrected chi connectivity index (χ0v) is 11.1. The van der Waals surface area contributed by atoms with Crippen molar-refractivity contribution in [2.75, 3.05) is 13.7 Å². The van der Waals surface area contributed by atoms with E-state index in [1.165, 1.54) is 6.42 Å². The second kappa shape index (κ2) is 5.19. The Labute approximate surface area is 103 Å². The highest BCUT2D eigenvalue weighted by Gasteiger charge is 2.44. The molecule has 0 amide bonds. The summed E-state index contributed by atoms with van der Waals surface area (Å²) in [5, 5.41) is 8.02. The Morgan fingerprint density at radius 3 is 2.76 bits per heavy atom. The van der Waals surface area contributed by atoms with Crippen molar-refractivity contribution >= 4 is 0 Å². The standard InChI is InChI=1S/C13H23N3O/c1-4-14-12(13(17-3)7-5-8-13)10-11-6-9-16(2)15-11/h6,9,12,14H,4-5,7-8,10H2,1-3H3. The summed E-state index contributed by atoms with van der Waals surface area (Å²) in [6, 6.07) is 2.47. The number of ether oxygens (including phenoxy) is 1. The van der Waals surface area contributed by atoms with Crippen LogP contribution in [0.5, 0.6) is 0 Å². The Bertz CT molecular complexity index is 352. The van der Waals surface area contributed by atoms with E-state index in [1.807, 2.05) is 25.0 Å². The van der Waals surface area contributed by atoms with Gasteiger partial charge in [-0.05, 0) is 31.9 Å². The number of nitrogens with zero attached hydrogens (tertiary/aromatic N) is 2. The number of rotatable bonds is 6. The average molecular weight is 237 g/mol. The average Bonchev–Trinajstić information content (AvgIpc) is 2.63. The van der Waals surface area contributed by atoms with Crippen LogP contribution in [0, 0.1) is 0 Å². The third kappa shape index (κ3) is 2.53. The van der Waals surface area contributed by atoms with Crippen molar-refractivity contribution in [3.8, 4) is 0 Å². The van der Waals surface area contributed by atoms with Crippen LogP contribution in [-0.4, -0.2) is 35.1 Å². The number of nitrogens with one attached hydrogen (secondary N) is 1. The first-order valence-corrected chi connectivity index (χ1v) is 6.47. The van der Waals surface area contributed by atoms with Crippen molar-refractivity contribution in [1.82, 2.24) is 15.1 Å². The molecular formula is C13H23N3O. The third-order valence-electron chi connectivity index (χ3n) is 3.87. The summed E-state index contributed by atoms with van der Waals surface area (Å²) in [5.41, 5.74) is 1.18. The maximum Gasteiger partial charge on any atom is 0.0834 e. The van der Waals surface area contributed by atoms with Crippen LogP contribution in [-0.2, 0) is 18.2 Å². The molecule has 1 unspecified atom stereocenters. The van der Waals surface area contributed by atoms with Gasteiger partial charge in [0.25, 0.3) is 0 Å². The second-order valence-corrected chi connectivity index (χ2v) is 4.92. The molecule has 1 heterocycles. The van der Waals surface area contributed by atoms with E-state index in [2.05, 4.69) is 23.4 Å². The number of likely N-dealkylation sites (N-methyl/N-ethyl adjacent to an activating group) is 1. The first kappa shape index (κ1) is 12.6. The first-order chi connectivity index (χ1) is 8.20. The van der Waals surface area contributed by atoms with Gasteiger partial charge in [0.1, 0.15) is 0 Å². The lowest BCUT2D eigenvalue weighted by Gasteiger charge is -2.46. The van der Waals surface area contributed by atoms with Crippen LogP contribution in [0.3, 0.4) is 0 Å². The largest absolute Gasteiger partial charge is 0.377 e. The predicted molar refractivity (Wildman–Crippen MR) is 68.0 cm³/mol. The monoisotopic (exact) mass is 237 g/mol. The summed E-state index contributed by atoms with van der Waals surface area (Å²) in [5.74, 6) is 0. The second-order valence-electron chi connectivity index (χ2n) is 4.92. The van der Waals surface area contributed by atoms with Crippen LogP contribution < -0.4 is 5.32 Å². The summed E-state index contributed by atoms with van der Waals surface area (Å²) < 4.78 is 7.63. The van der Waals surface area contributed by atoms with E-state index < -0.39 is 0 Å². The highest BCUT2D eigenvalue weighted by molar-refractivity contribution is 5.08. The van der Waals surface area contributed by atoms with Gasteiger partial charge < -0.3 is 10.1 Å². The molecule has 1 saturated carbocycles. The molecule has 4 nitrogen and oxygen atoms in total. The summed E-state index contributed by atoms with van der Waals surface area (Å²) in [7, 11) is 3.79. The van der Waals surface area contributed by atoms with E-state index in [1.54, 1.807) is 0 Å². The van der Waals surface area contributed by atoms with Crippen molar-refractivity contribution in [1.29, 1.82) is 0 Å². The summed E-state index contributed by atoms with van der Waals surface area (Å²) in [6.07, 6.45) is 6.54. The van der Waals surface area contributed by atoms with Crippen LogP contribution in [0.15, 0.2) is 12.3 Å². The van der Waals surface area contributed by atoms with E-state index in [9.17, 15) is 0 Å². The molecule has 1 aliphatic carbocycles. The van der Waals surface area contributed by atoms with Crippen molar-refractivity contribution in [2.24, 2.45) is 7.05 Å². The molecule has 96 valence electrons. The zero-order chi connectivity index (χ0) is 12.3.